The first kappa shape index (κ1) is 28.0. The number of likely N-dealkylation sites (tertiary alicyclic amines) is 1. The molecule has 1 fully saturated rings. The van der Waals surface area contributed by atoms with Crippen LogP contribution in [0.15, 0.2) is 24.4 Å². The number of carbonyl (C=O) groups excluding carboxylic acids is 1. The molecule has 1 saturated heterocycles. The quantitative estimate of drug-likeness (QED) is 0.405. The number of nitrogens with zero attached hydrogens (tertiary/aromatic N) is 4. The summed E-state index contributed by atoms with van der Waals surface area (Å²) < 4.78 is 83.2. The van der Waals surface area contributed by atoms with Gasteiger partial charge in [-0.05, 0) is 63.4 Å². The smallest absolute Gasteiger partial charge is 0.368 e. The minimum atomic E-state index is -4.72. The van der Waals surface area contributed by atoms with Crippen molar-refractivity contribution in [1.29, 1.82) is 0 Å². The molecule has 2 aliphatic rings. The summed E-state index contributed by atoms with van der Waals surface area (Å²) in [5.41, 5.74) is 0.534. The van der Waals surface area contributed by atoms with Crippen LogP contribution in [0.3, 0.4) is 0 Å². The summed E-state index contributed by atoms with van der Waals surface area (Å²) in [5.74, 6) is -5.19. The van der Waals surface area contributed by atoms with Crippen molar-refractivity contribution in [1.82, 2.24) is 24.7 Å². The van der Waals surface area contributed by atoms with Gasteiger partial charge in [-0.2, -0.15) is 13.2 Å². The van der Waals surface area contributed by atoms with Gasteiger partial charge in [0.15, 0.2) is 17.3 Å². The molecular weight excluding hydrogens is 512 g/mol. The molecule has 1 aromatic carbocycles. The molecule has 0 unspecified atom stereocenters. The lowest BCUT2D eigenvalue weighted by Crippen LogP contribution is -2.44. The molecule has 3 heterocycles. The Morgan fingerprint density at radius 3 is 2.42 bits per heavy atom. The Balaban J connectivity index is 1.48. The molecule has 2 aromatic rings. The Morgan fingerprint density at radius 2 is 1.76 bits per heavy atom. The predicted octanol–water partition coefficient (Wildman–Crippen LogP) is 4.74. The zero-order valence-electron chi connectivity index (χ0n) is 21.3. The number of allylic oxidation sites excluding steroid dienone is 1. The third-order valence-corrected chi connectivity index (χ3v) is 7.22. The number of piperidine rings is 1. The van der Waals surface area contributed by atoms with E-state index >= 15 is 0 Å². The van der Waals surface area contributed by atoms with Crippen LogP contribution < -0.4 is 5.32 Å². The number of aromatic nitrogens is 2. The topological polar surface area (TPSA) is 53.4 Å². The summed E-state index contributed by atoms with van der Waals surface area (Å²) in [5, 5.41) is 2.85. The minimum absolute atomic E-state index is 0.00429. The molecule has 1 aromatic heterocycles. The van der Waals surface area contributed by atoms with Crippen LogP contribution in [0.1, 0.15) is 53.8 Å². The standard InChI is InChI=1S/C26H31F6N5O/c1-15(11-17-12-20(28)21(29)13-19(17)27)10-16(2)36-8-9-37-22(14-36)23(34-25(37)26(30,31)32)24(38)33-18-4-6-35(3)7-5-18/h12-13,15,18H,2,4-11,14H2,1,3H3,(H,33,38)/t15-/m0/s1. The lowest BCUT2D eigenvalue weighted by Gasteiger charge is -2.34. The van der Waals surface area contributed by atoms with Crippen molar-refractivity contribution in [3.8, 4) is 0 Å². The maximum Gasteiger partial charge on any atom is 0.449 e. The highest BCUT2D eigenvalue weighted by molar-refractivity contribution is 5.93. The molecule has 1 N–H and O–H groups in total. The van der Waals surface area contributed by atoms with Gasteiger partial charge in [-0.3, -0.25) is 4.79 Å². The average Bonchev–Trinajstić information content (AvgIpc) is 3.23. The molecule has 2 aliphatic heterocycles. The third kappa shape index (κ3) is 6.16. The van der Waals surface area contributed by atoms with Gasteiger partial charge in [-0.15, -0.1) is 0 Å². The Bertz CT molecular complexity index is 1200. The summed E-state index contributed by atoms with van der Waals surface area (Å²) in [7, 11) is 1.97. The lowest BCUT2D eigenvalue weighted by molar-refractivity contribution is -0.147. The number of rotatable bonds is 7. The van der Waals surface area contributed by atoms with Crippen LogP contribution in [-0.2, 0) is 25.7 Å². The second-order valence-electron chi connectivity index (χ2n) is 10.3. The first-order valence-electron chi connectivity index (χ1n) is 12.6. The van der Waals surface area contributed by atoms with Gasteiger partial charge >= 0.3 is 6.18 Å². The number of imidazole rings is 1. The van der Waals surface area contributed by atoms with E-state index in [9.17, 15) is 31.1 Å². The van der Waals surface area contributed by atoms with Crippen LogP contribution in [0.2, 0.25) is 0 Å². The molecule has 0 bridgehead atoms. The zero-order chi connectivity index (χ0) is 27.8. The number of hydrogen-bond acceptors (Lipinski definition) is 4. The molecule has 0 saturated carbocycles. The van der Waals surface area contributed by atoms with Crippen LogP contribution in [0, 0.1) is 23.4 Å². The van der Waals surface area contributed by atoms with Gasteiger partial charge in [-0.25, -0.2) is 18.2 Å². The van der Waals surface area contributed by atoms with Crippen molar-refractivity contribution in [2.75, 3.05) is 26.7 Å². The fraction of sp³-hybridized carbons (Fsp3) is 0.538. The predicted molar refractivity (Wildman–Crippen MR) is 129 cm³/mol. The average molecular weight is 544 g/mol. The number of halogens is 6. The number of benzene rings is 1. The highest BCUT2D eigenvalue weighted by Gasteiger charge is 2.41. The van der Waals surface area contributed by atoms with Crippen molar-refractivity contribution in [2.24, 2.45) is 5.92 Å². The van der Waals surface area contributed by atoms with Crippen molar-refractivity contribution in [3.63, 3.8) is 0 Å². The molecule has 12 heteroatoms. The third-order valence-electron chi connectivity index (χ3n) is 7.22. The van der Waals surface area contributed by atoms with E-state index in [4.69, 9.17) is 0 Å². The molecule has 0 radical (unpaired) electrons. The Hall–Kier alpha value is -3.02. The number of fused-ring (bicyclic) bond motifs is 1. The highest BCUT2D eigenvalue weighted by Crippen LogP contribution is 2.34. The monoisotopic (exact) mass is 543 g/mol. The summed E-state index contributed by atoms with van der Waals surface area (Å²) in [6.07, 6.45) is -2.86. The summed E-state index contributed by atoms with van der Waals surface area (Å²) in [6.45, 7) is 7.59. The molecule has 0 spiro atoms. The second-order valence-corrected chi connectivity index (χ2v) is 10.3. The van der Waals surface area contributed by atoms with E-state index in [0.29, 0.717) is 31.0 Å². The van der Waals surface area contributed by atoms with Crippen LogP contribution in [-0.4, -0.2) is 58.0 Å². The molecule has 1 amide bonds. The van der Waals surface area contributed by atoms with Gasteiger partial charge < -0.3 is 19.7 Å². The van der Waals surface area contributed by atoms with Crippen molar-refractivity contribution in [3.05, 3.63) is 64.6 Å². The Kier molecular flexibility index (Phi) is 8.10. The second kappa shape index (κ2) is 11.0. The van der Waals surface area contributed by atoms with Gasteiger partial charge in [0.05, 0.1) is 12.2 Å². The van der Waals surface area contributed by atoms with Gasteiger partial charge in [-0.1, -0.05) is 13.5 Å². The first-order chi connectivity index (χ1) is 17.8. The Labute approximate surface area is 217 Å². The van der Waals surface area contributed by atoms with E-state index in [1.807, 2.05) is 7.05 Å². The summed E-state index contributed by atoms with van der Waals surface area (Å²) >= 11 is 0. The number of hydrogen-bond donors (Lipinski definition) is 1. The van der Waals surface area contributed by atoms with Gasteiger partial charge in [0.1, 0.15) is 5.82 Å². The summed E-state index contributed by atoms with van der Waals surface area (Å²) in [4.78, 5) is 20.7. The number of carbonyl (C=O) groups is 1. The van der Waals surface area contributed by atoms with E-state index in [1.54, 1.807) is 11.8 Å². The SMILES string of the molecule is C=C(C[C@H](C)Cc1cc(F)c(F)cc1F)N1CCn2c(C(F)(F)F)nc(C(=O)NC3CCN(C)CC3)c2C1. The maximum atomic E-state index is 14.1. The molecular formula is C26H31F6N5O. The fourth-order valence-electron chi connectivity index (χ4n) is 5.14. The van der Waals surface area contributed by atoms with Crippen LogP contribution >= 0.6 is 0 Å². The van der Waals surface area contributed by atoms with E-state index in [2.05, 4.69) is 21.8 Å². The van der Waals surface area contributed by atoms with Crippen molar-refractivity contribution in [2.45, 2.75) is 57.9 Å². The molecule has 4 rings (SSSR count). The molecule has 1 atom stereocenters. The number of nitrogens with one attached hydrogen (secondary N) is 1. The maximum absolute atomic E-state index is 14.1. The minimum Gasteiger partial charge on any atom is -0.368 e. The van der Waals surface area contributed by atoms with Crippen LogP contribution in [0.4, 0.5) is 26.3 Å². The number of alkyl halides is 3. The zero-order valence-corrected chi connectivity index (χ0v) is 21.3. The molecule has 6 nitrogen and oxygen atoms in total. The number of amides is 1. The van der Waals surface area contributed by atoms with Gasteiger partial charge in [0.2, 0.25) is 5.82 Å². The highest BCUT2D eigenvalue weighted by atomic mass is 19.4. The van der Waals surface area contributed by atoms with E-state index < -0.39 is 35.4 Å². The lowest BCUT2D eigenvalue weighted by atomic mass is 9.95. The summed E-state index contributed by atoms with van der Waals surface area (Å²) in [6, 6.07) is 1.20. The largest absolute Gasteiger partial charge is 0.449 e. The van der Waals surface area contributed by atoms with E-state index in [-0.39, 0.29) is 55.0 Å². The van der Waals surface area contributed by atoms with Gasteiger partial charge in [0.25, 0.3) is 5.91 Å². The normalized spacial score (nSPS) is 17.8. The van der Waals surface area contributed by atoms with Gasteiger partial charge in [0, 0.05) is 30.9 Å². The van der Waals surface area contributed by atoms with Crippen LogP contribution in [0.5, 0.6) is 0 Å². The Morgan fingerprint density at radius 1 is 1.11 bits per heavy atom. The van der Waals surface area contributed by atoms with Crippen molar-refractivity contribution < 1.29 is 31.1 Å². The molecule has 0 aliphatic carbocycles. The van der Waals surface area contributed by atoms with E-state index in [1.165, 1.54) is 0 Å². The van der Waals surface area contributed by atoms with E-state index in [0.717, 1.165) is 23.7 Å². The fourth-order valence-corrected chi connectivity index (χ4v) is 5.14. The first-order valence-corrected chi connectivity index (χ1v) is 12.6. The molecule has 38 heavy (non-hydrogen) atoms. The molecule has 208 valence electrons. The van der Waals surface area contributed by atoms with Crippen LogP contribution in [0.25, 0.3) is 0 Å². The van der Waals surface area contributed by atoms with Crippen molar-refractivity contribution >= 4 is 5.91 Å².